The van der Waals surface area contributed by atoms with Crippen LogP contribution in [0, 0.1) is 0 Å². The molecular weight excluding hydrogens is 216 g/mol. The van der Waals surface area contributed by atoms with Crippen LogP contribution in [0.25, 0.3) is 0 Å². The first kappa shape index (κ1) is 16.1. The van der Waals surface area contributed by atoms with E-state index in [1.807, 2.05) is 57.2 Å². The third kappa shape index (κ3) is 8.86. The maximum absolute atomic E-state index is 5.56. The highest BCUT2D eigenvalue weighted by atomic mass is 16.9. The zero-order valence-electron chi connectivity index (χ0n) is 11.3. The summed E-state index contributed by atoms with van der Waals surface area (Å²) in [6, 6.07) is 0. The van der Waals surface area contributed by atoms with Crippen molar-refractivity contribution in [2.45, 2.75) is 33.7 Å². The van der Waals surface area contributed by atoms with Gasteiger partial charge in [0.15, 0.2) is 0 Å². The zero-order valence-corrected chi connectivity index (χ0v) is 11.3. The second-order valence-electron chi connectivity index (χ2n) is 3.50. The highest BCUT2D eigenvalue weighted by Crippen LogP contribution is 2.14. The van der Waals surface area contributed by atoms with Crippen LogP contribution >= 0.6 is 0 Å². The predicted molar refractivity (Wildman–Crippen MR) is 70.7 cm³/mol. The minimum Gasteiger partial charge on any atom is -0.323 e. The van der Waals surface area contributed by atoms with Gasteiger partial charge < -0.3 is 14.2 Å². The van der Waals surface area contributed by atoms with Crippen LogP contribution in [0.15, 0.2) is 36.5 Å². The van der Waals surface area contributed by atoms with Crippen molar-refractivity contribution in [3.8, 4) is 0 Å². The fourth-order valence-electron chi connectivity index (χ4n) is 1.01. The number of rotatable bonds is 9. The molecule has 0 N–H and O–H groups in total. The molecule has 0 atom stereocenters. The molecule has 0 fully saturated rings. The second kappa shape index (κ2) is 10.3. The molecule has 0 radical (unpaired) electrons. The summed E-state index contributed by atoms with van der Waals surface area (Å²) in [7, 11) is 0. The lowest BCUT2D eigenvalue weighted by Crippen LogP contribution is -2.36. The maximum atomic E-state index is 5.56. The lowest BCUT2D eigenvalue weighted by Gasteiger charge is -2.28. The average Bonchev–Trinajstić information content (AvgIpc) is 2.30. The van der Waals surface area contributed by atoms with Gasteiger partial charge in [0, 0.05) is 6.92 Å². The molecule has 0 aromatic carbocycles. The van der Waals surface area contributed by atoms with Gasteiger partial charge in [-0.15, -0.1) is 0 Å². The normalized spacial score (nSPS) is 16.2. The Morgan fingerprint density at radius 3 is 1.24 bits per heavy atom. The van der Waals surface area contributed by atoms with Gasteiger partial charge in [-0.3, -0.25) is 0 Å². The van der Waals surface area contributed by atoms with Gasteiger partial charge in [0.1, 0.15) is 0 Å². The molecule has 3 heteroatoms. The van der Waals surface area contributed by atoms with Gasteiger partial charge in [0.05, 0.1) is 19.8 Å². The van der Waals surface area contributed by atoms with E-state index >= 15 is 0 Å². The minimum atomic E-state index is -1.00. The van der Waals surface area contributed by atoms with E-state index in [9.17, 15) is 0 Å². The molecule has 0 heterocycles. The van der Waals surface area contributed by atoms with Crippen molar-refractivity contribution in [3.63, 3.8) is 0 Å². The standard InChI is InChI=1S/C14H24O3/c1-5-8-11-15-14(4,16-12-9-6-2)17-13-10-7-3/h5-10H,11-13H2,1-4H3. The summed E-state index contributed by atoms with van der Waals surface area (Å²) < 4.78 is 16.7. The fourth-order valence-corrected chi connectivity index (χ4v) is 1.01. The second-order valence-corrected chi connectivity index (χ2v) is 3.50. The summed E-state index contributed by atoms with van der Waals surface area (Å²) in [5.41, 5.74) is 0. The van der Waals surface area contributed by atoms with Gasteiger partial charge in [-0.25, -0.2) is 0 Å². The molecule has 0 amide bonds. The lowest BCUT2D eigenvalue weighted by molar-refractivity contribution is -0.359. The van der Waals surface area contributed by atoms with E-state index in [1.54, 1.807) is 6.92 Å². The van der Waals surface area contributed by atoms with Crippen molar-refractivity contribution in [1.29, 1.82) is 0 Å². The SMILES string of the molecule is CC=CCOC(C)(OCC=CC)OCC=CC. The van der Waals surface area contributed by atoms with Gasteiger partial charge in [0.25, 0.3) is 5.97 Å². The van der Waals surface area contributed by atoms with Crippen LogP contribution in [0.2, 0.25) is 0 Å². The van der Waals surface area contributed by atoms with E-state index in [0.29, 0.717) is 19.8 Å². The Kier molecular flexibility index (Phi) is 9.72. The Hall–Kier alpha value is -0.900. The summed E-state index contributed by atoms with van der Waals surface area (Å²) >= 11 is 0. The maximum Gasteiger partial charge on any atom is 0.280 e. The van der Waals surface area contributed by atoms with Gasteiger partial charge in [-0.2, -0.15) is 0 Å². The Balaban J connectivity index is 4.22. The smallest absolute Gasteiger partial charge is 0.280 e. The van der Waals surface area contributed by atoms with Crippen LogP contribution in [0.5, 0.6) is 0 Å². The van der Waals surface area contributed by atoms with Crippen LogP contribution in [-0.4, -0.2) is 25.8 Å². The third-order valence-electron chi connectivity index (χ3n) is 2.03. The van der Waals surface area contributed by atoms with Crippen molar-refractivity contribution >= 4 is 0 Å². The van der Waals surface area contributed by atoms with Crippen LogP contribution in [0.3, 0.4) is 0 Å². The van der Waals surface area contributed by atoms with E-state index in [0.717, 1.165) is 0 Å². The monoisotopic (exact) mass is 240 g/mol. The molecule has 0 rings (SSSR count). The van der Waals surface area contributed by atoms with E-state index in [-0.39, 0.29) is 0 Å². The number of ether oxygens (including phenoxy) is 3. The van der Waals surface area contributed by atoms with E-state index in [4.69, 9.17) is 14.2 Å². The molecule has 17 heavy (non-hydrogen) atoms. The van der Waals surface area contributed by atoms with Crippen molar-refractivity contribution in [2.24, 2.45) is 0 Å². The number of hydrogen-bond acceptors (Lipinski definition) is 3. The molecule has 0 aliphatic carbocycles. The largest absolute Gasteiger partial charge is 0.323 e. The summed E-state index contributed by atoms with van der Waals surface area (Å²) in [5, 5.41) is 0. The Labute approximate surface area is 105 Å². The fraction of sp³-hybridized carbons (Fsp3) is 0.571. The molecule has 0 aromatic rings. The molecule has 0 aliphatic heterocycles. The Bertz CT molecular complexity index is 213. The van der Waals surface area contributed by atoms with Crippen molar-refractivity contribution < 1.29 is 14.2 Å². The first-order valence-electron chi connectivity index (χ1n) is 5.94. The molecule has 0 bridgehead atoms. The van der Waals surface area contributed by atoms with Crippen LogP contribution in [0.4, 0.5) is 0 Å². The van der Waals surface area contributed by atoms with E-state index in [2.05, 4.69) is 0 Å². The Morgan fingerprint density at radius 2 is 1.00 bits per heavy atom. The molecular formula is C14H24O3. The van der Waals surface area contributed by atoms with Crippen molar-refractivity contribution in [1.82, 2.24) is 0 Å². The predicted octanol–water partition coefficient (Wildman–Crippen LogP) is 3.44. The summed E-state index contributed by atoms with van der Waals surface area (Å²) in [6.07, 6.45) is 11.5. The lowest BCUT2D eigenvalue weighted by atomic mass is 10.5. The van der Waals surface area contributed by atoms with Crippen LogP contribution in [-0.2, 0) is 14.2 Å². The van der Waals surface area contributed by atoms with Crippen molar-refractivity contribution in [3.05, 3.63) is 36.5 Å². The van der Waals surface area contributed by atoms with E-state index in [1.165, 1.54) is 0 Å². The van der Waals surface area contributed by atoms with Crippen LogP contribution < -0.4 is 0 Å². The molecule has 0 spiro atoms. The van der Waals surface area contributed by atoms with Crippen molar-refractivity contribution in [2.75, 3.05) is 19.8 Å². The molecule has 3 nitrogen and oxygen atoms in total. The molecule has 98 valence electrons. The topological polar surface area (TPSA) is 27.7 Å². The number of allylic oxidation sites excluding steroid dienone is 3. The van der Waals surface area contributed by atoms with Gasteiger partial charge >= 0.3 is 0 Å². The zero-order chi connectivity index (χ0) is 13.0. The summed E-state index contributed by atoms with van der Waals surface area (Å²) in [4.78, 5) is 0. The molecule has 0 unspecified atom stereocenters. The molecule has 0 aromatic heterocycles. The van der Waals surface area contributed by atoms with Gasteiger partial charge in [0.2, 0.25) is 0 Å². The summed E-state index contributed by atoms with van der Waals surface area (Å²) in [6.45, 7) is 9.03. The molecule has 0 saturated carbocycles. The minimum absolute atomic E-state index is 0.471. The highest BCUT2D eigenvalue weighted by Gasteiger charge is 2.25. The first-order valence-corrected chi connectivity index (χ1v) is 5.94. The molecule has 0 aliphatic rings. The Morgan fingerprint density at radius 1 is 0.706 bits per heavy atom. The third-order valence-corrected chi connectivity index (χ3v) is 2.03. The molecule has 0 saturated heterocycles. The van der Waals surface area contributed by atoms with Gasteiger partial charge in [-0.05, 0) is 20.8 Å². The quantitative estimate of drug-likeness (QED) is 0.456. The highest BCUT2D eigenvalue weighted by molar-refractivity contribution is 4.80. The first-order chi connectivity index (χ1) is 8.18. The van der Waals surface area contributed by atoms with E-state index < -0.39 is 5.97 Å². The summed E-state index contributed by atoms with van der Waals surface area (Å²) in [5.74, 6) is -1.00. The average molecular weight is 240 g/mol. The number of hydrogen-bond donors (Lipinski definition) is 0. The van der Waals surface area contributed by atoms with Crippen LogP contribution in [0.1, 0.15) is 27.7 Å². The van der Waals surface area contributed by atoms with Gasteiger partial charge in [-0.1, -0.05) is 36.5 Å².